The van der Waals surface area contributed by atoms with Gasteiger partial charge in [0.1, 0.15) is 17.2 Å². The van der Waals surface area contributed by atoms with Crippen LogP contribution >= 0.6 is 0 Å². The third-order valence-electron chi connectivity index (χ3n) is 6.57. The Kier molecular flexibility index (Phi) is 11.6. The maximum Gasteiger partial charge on any atom is 0.410 e. The Hall–Kier alpha value is -2.85. The van der Waals surface area contributed by atoms with Gasteiger partial charge in [-0.2, -0.15) is 0 Å². The Balaban J connectivity index is 1.96. The summed E-state index contributed by atoms with van der Waals surface area (Å²) < 4.78 is 16.7. The van der Waals surface area contributed by atoms with Gasteiger partial charge in [-0.25, -0.2) is 9.59 Å². The summed E-state index contributed by atoms with van der Waals surface area (Å²) in [5, 5.41) is 14.4. The number of nitrogens with one attached hydrogen (secondary N) is 2. The predicted octanol–water partition coefficient (Wildman–Crippen LogP) is 5.33. The van der Waals surface area contributed by atoms with E-state index >= 15 is 0 Å². The van der Waals surface area contributed by atoms with E-state index in [-0.39, 0.29) is 23.8 Å². The number of ether oxygens (including phenoxy) is 2. The van der Waals surface area contributed by atoms with Gasteiger partial charge in [0.2, 0.25) is 17.7 Å². The first-order chi connectivity index (χ1) is 18.1. The van der Waals surface area contributed by atoms with Crippen LogP contribution in [0, 0.1) is 11.8 Å². The van der Waals surface area contributed by atoms with Crippen LogP contribution in [0.4, 0.5) is 9.59 Å². The molecule has 2 rings (SSSR count). The topological polar surface area (TPSA) is 136 Å². The number of rotatable bonds is 10. The van der Waals surface area contributed by atoms with E-state index in [9.17, 15) is 14.4 Å². The number of nitrogens with zero attached hydrogens (tertiary/aromatic N) is 3. The molecule has 11 nitrogen and oxygen atoms in total. The average Bonchev–Trinajstić information content (AvgIpc) is 3.30. The van der Waals surface area contributed by atoms with Crippen molar-refractivity contribution < 1.29 is 28.3 Å². The van der Waals surface area contributed by atoms with Crippen LogP contribution in [0.1, 0.15) is 118 Å². The lowest BCUT2D eigenvalue weighted by atomic mass is 9.95. The van der Waals surface area contributed by atoms with Gasteiger partial charge in [-0.3, -0.25) is 4.79 Å². The molecular weight excluding hydrogens is 502 g/mol. The van der Waals surface area contributed by atoms with E-state index < -0.39 is 23.3 Å². The lowest BCUT2D eigenvalue weighted by molar-refractivity contribution is -0.127. The van der Waals surface area contributed by atoms with Crippen LogP contribution in [0.2, 0.25) is 0 Å². The largest absolute Gasteiger partial charge is 0.444 e. The summed E-state index contributed by atoms with van der Waals surface area (Å²) >= 11 is 0. The number of carbonyl (C=O) groups is 3. The molecule has 2 heterocycles. The van der Waals surface area contributed by atoms with Crippen molar-refractivity contribution in [1.29, 1.82) is 0 Å². The Morgan fingerprint density at radius 1 is 0.949 bits per heavy atom. The minimum Gasteiger partial charge on any atom is -0.444 e. The van der Waals surface area contributed by atoms with Crippen molar-refractivity contribution in [2.75, 3.05) is 19.6 Å². The Morgan fingerprint density at radius 2 is 1.54 bits per heavy atom. The highest BCUT2D eigenvalue weighted by Crippen LogP contribution is 2.27. The number of hydrogen-bond acceptors (Lipinski definition) is 8. The first-order valence-corrected chi connectivity index (χ1v) is 14.1. The van der Waals surface area contributed by atoms with Gasteiger partial charge in [-0.15, -0.1) is 10.2 Å². The Bertz CT molecular complexity index is 941. The second-order valence-corrected chi connectivity index (χ2v) is 12.7. The smallest absolute Gasteiger partial charge is 0.410 e. The SMILES string of the molecule is CC(C)[C@H](C)c1nnc([C@H](CCCCNC(=O)OC(C)(C)C)NC(=O)C2CCN(C(=O)OC(C)(C)C)CC2)o1. The highest BCUT2D eigenvalue weighted by atomic mass is 16.6. The normalized spacial score (nSPS) is 16.5. The summed E-state index contributed by atoms with van der Waals surface area (Å²) in [6.45, 7) is 18.6. The van der Waals surface area contributed by atoms with Crippen molar-refractivity contribution in [3.8, 4) is 0 Å². The van der Waals surface area contributed by atoms with Crippen LogP contribution in [0.25, 0.3) is 0 Å². The molecule has 0 bridgehead atoms. The summed E-state index contributed by atoms with van der Waals surface area (Å²) in [5.74, 6) is 1.05. The number of amides is 3. The quantitative estimate of drug-likeness (QED) is 0.373. The zero-order valence-corrected chi connectivity index (χ0v) is 25.3. The zero-order chi connectivity index (χ0) is 29.4. The van der Waals surface area contributed by atoms with Gasteiger partial charge in [0.15, 0.2) is 0 Å². The van der Waals surface area contributed by atoms with E-state index in [1.807, 2.05) is 48.5 Å². The van der Waals surface area contributed by atoms with E-state index in [2.05, 4.69) is 34.7 Å². The molecule has 1 aliphatic heterocycles. The molecule has 11 heteroatoms. The molecule has 1 aliphatic rings. The molecule has 222 valence electrons. The minimum absolute atomic E-state index is 0.0904. The van der Waals surface area contributed by atoms with Crippen molar-refractivity contribution in [2.24, 2.45) is 11.8 Å². The van der Waals surface area contributed by atoms with E-state index in [1.165, 1.54) is 0 Å². The van der Waals surface area contributed by atoms with Gasteiger partial charge in [-0.05, 0) is 79.6 Å². The summed E-state index contributed by atoms with van der Waals surface area (Å²) in [4.78, 5) is 39.2. The predicted molar refractivity (Wildman–Crippen MR) is 147 cm³/mol. The van der Waals surface area contributed by atoms with Gasteiger partial charge >= 0.3 is 12.2 Å². The molecule has 0 unspecified atom stereocenters. The minimum atomic E-state index is -0.559. The maximum absolute atomic E-state index is 13.2. The summed E-state index contributed by atoms with van der Waals surface area (Å²) in [5.41, 5.74) is -1.11. The van der Waals surface area contributed by atoms with Crippen LogP contribution in [0.5, 0.6) is 0 Å². The number of aromatic nitrogens is 2. The molecule has 0 aromatic carbocycles. The Labute approximate surface area is 233 Å². The van der Waals surface area contributed by atoms with Gasteiger partial charge in [-0.1, -0.05) is 20.8 Å². The number of hydrogen-bond donors (Lipinski definition) is 2. The van der Waals surface area contributed by atoms with Crippen LogP contribution in [0.15, 0.2) is 4.42 Å². The third kappa shape index (κ3) is 11.4. The van der Waals surface area contributed by atoms with Crippen molar-refractivity contribution in [2.45, 2.75) is 118 Å². The van der Waals surface area contributed by atoms with Gasteiger partial charge in [0.05, 0.1) is 0 Å². The fourth-order valence-electron chi connectivity index (χ4n) is 4.03. The summed E-state index contributed by atoms with van der Waals surface area (Å²) in [6, 6.07) is -0.441. The molecule has 2 N–H and O–H groups in total. The number of piperidine rings is 1. The van der Waals surface area contributed by atoms with Crippen molar-refractivity contribution in [3.05, 3.63) is 11.8 Å². The van der Waals surface area contributed by atoms with Crippen molar-refractivity contribution in [3.63, 3.8) is 0 Å². The molecule has 0 saturated carbocycles. The van der Waals surface area contributed by atoms with Crippen molar-refractivity contribution in [1.82, 2.24) is 25.7 Å². The van der Waals surface area contributed by atoms with Gasteiger partial charge in [0, 0.05) is 31.5 Å². The molecule has 2 atom stereocenters. The molecule has 39 heavy (non-hydrogen) atoms. The fraction of sp³-hybridized carbons (Fsp3) is 0.821. The first kappa shape index (κ1) is 32.4. The molecule has 1 aromatic heterocycles. The van der Waals surface area contributed by atoms with Crippen molar-refractivity contribution >= 4 is 18.1 Å². The molecule has 1 fully saturated rings. The van der Waals surface area contributed by atoms with E-state index in [0.29, 0.717) is 63.0 Å². The van der Waals surface area contributed by atoms with Crippen LogP contribution in [0.3, 0.4) is 0 Å². The number of carbonyl (C=O) groups excluding carboxylic acids is 3. The highest BCUT2D eigenvalue weighted by molar-refractivity contribution is 5.79. The van der Waals surface area contributed by atoms with Crippen LogP contribution in [-0.2, 0) is 14.3 Å². The van der Waals surface area contributed by atoms with E-state index in [4.69, 9.17) is 13.9 Å². The Morgan fingerprint density at radius 3 is 2.10 bits per heavy atom. The van der Waals surface area contributed by atoms with Crippen LogP contribution < -0.4 is 10.6 Å². The van der Waals surface area contributed by atoms with Gasteiger partial charge in [0.25, 0.3) is 0 Å². The molecule has 0 spiro atoms. The monoisotopic (exact) mass is 551 g/mol. The third-order valence-corrected chi connectivity index (χ3v) is 6.57. The summed E-state index contributed by atoms with van der Waals surface area (Å²) in [6.07, 6.45) is 2.30. The molecule has 1 saturated heterocycles. The molecule has 1 aromatic rings. The molecular formula is C28H49N5O6. The average molecular weight is 552 g/mol. The lowest BCUT2D eigenvalue weighted by Crippen LogP contribution is -2.45. The van der Waals surface area contributed by atoms with E-state index in [0.717, 1.165) is 6.42 Å². The second-order valence-electron chi connectivity index (χ2n) is 12.7. The van der Waals surface area contributed by atoms with Gasteiger partial charge < -0.3 is 29.4 Å². The molecule has 3 amide bonds. The molecule has 0 aliphatic carbocycles. The maximum atomic E-state index is 13.2. The fourth-order valence-corrected chi connectivity index (χ4v) is 4.03. The summed E-state index contributed by atoms with van der Waals surface area (Å²) in [7, 11) is 0. The second kappa shape index (κ2) is 14.0. The lowest BCUT2D eigenvalue weighted by Gasteiger charge is -2.33. The van der Waals surface area contributed by atoms with E-state index in [1.54, 1.807) is 4.90 Å². The molecule has 0 radical (unpaired) electrons. The zero-order valence-electron chi connectivity index (χ0n) is 25.3. The number of alkyl carbamates (subject to hydrolysis) is 1. The standard InChI is InChI=1S/C28H49N5O6/c1-18(2)19(3)23-31-32-24(37-23)21(12-10-11-15-29-25(35)38-27(4,5)6)30-22(34)20-13-16-33(17-14-20)26(36)39-28(7,8)9/h18-21H,10-17H2,1-9H3,(H,29,35)(H,30,34)/t19-,21-/m0/s1. The first-order valence-electron chi connectivity index (χ1n) is 14.1. The van der Waals surface area contributed by atoms with Crippen LogP contribution in [-0.4, -0.2) is 64.0 Å². The number of unbranched alkanes of at least 4 members (excludes halogenated alkanes) is 1. The number of likely N-dealkylation sites (tertiary alicyclic amines) is 1. The highest BCUT2D eigenvalue weighted by Gasteiger charge is 2.32.